The Morgan fingerprint density at radius 3 is 2.84 bits per heavy atom. The second-order valence-electron chi connectivity index (χ2n) is 7.33. The van der Waals surface area contributed by atoms with Crippen LogP contribution in [0.3, 0.4) is 0 Å². The van der Waals surface area contributed by atoms with Crippen LogP contribution in [0, 0.1) is 0 Å². The molecule has 1 aliphatic carbocycles. The first-order chi connectivity index (χ1) is 14.7. The van der Waals surface area contributed by atoms with E-state index in [9.17, 15) is 14.2 Å². The van der Waals surface area contributed by atoms with E-state index in [2.05, 4.69) is 4.90 Å². The molecule has 0 amide bonds. The molecular formula is C20H16NO8PS. The predicted molar refractivity (Wildman–Crippen MR) is 110 cm³/mol. The average molecular weight is 461 g/mol. The Balaban J connectivity index is 1.52. The molecule has 0 saturated heterocycles. The highest BCUT2D eigenvalue weighted by atomic mass is 32.2. The number of benzene rings is 1. The van der Waals surface area contributed by atoms with E-state index in [1.54, 1.807) is 18.2 Å². The third-order valence-corrected chi connectivity index (χ3v) is 6.87. The monoisotopic (exact) mass is 461 g/mol. The van der Waals surface area contributed by atoms with Crippen molar-refractivity contribution in [3.63, 3.8) is 0 Å². The van der Waals surface area contributed by atoms with Crippen LogP contribution in [-0.4, -0.2) is 39.3 Å². The van der Waals surface area contributed by atoms with Crippen molar-refractivity contribution < 1.29 is 38.3 Å². The number of hydrogen-bond acceptors (Lipinski definition) is 7. The number of ketones is 1. The number of thioether (sulfide) groups is 1. The Kier molecular flexibility index (Phi) is 4.63. The van der Waals surface area contributed by atoms with E-state index in [1.807, 2.05) is 6.08 Å². The van der Waals surface area contributed by atoms with E-state index >= 15 is 0 Å². The number of allylic oxidation sites excluding steroid dienone is 2. The fraction of sp³-hybridized carbons (Fsp3) is 0.200. The van der Waals surface area contributed by atoms with E-state index in [0.717, 1.165) is 21.2 Å². The molecule has 0 bridgehead atoms. The van der Waals surface area contributed by atoms with Gasteiger partial charge in [0, 0.05) is 40.7 Å². The van der Waals surface area contributed by atoms with Crippen LogP contribution < -0.4 is 9.42 Å². The number of carbonyl (C=O) groups is 2. The van der Waals surface area contributed by atoms with Crippen LogP contribution in [0.25, 0.3) is 0 Å². The molecule has 1 atom stereocenters. The van der Waals surface area contributed by atoms with Crippen molar-refractivity contribution in [3.8, 4) is 5.75 Å². The van der Waals surface area contributed by atoms with E-state index in [4.69, 9.17) is 24.2 Å². The standard InChI is InChI=1S/C20H16NO8PS/c22-15-9-17-11(5-10(15)7-19(23)24)6-13-16(28-17)3-4-21-14-2-1-12(29-30(25,26)27)8-18(14)31-20(13)21/h1-2,5-6,8-9,16H,3-4,7H2,(H,23,24)(H2,25,26,27). The lowest BCUT2D eigenvalue weighted by Gasteiger charge is -2.36. The quantitative estimate of drug-likeness (QED) is 0.575. The number of rotatable bonds is 4. The number of carboxylic acids is 1. The van der Waals surface area contributed by atoms with Crippen molar-refractivity contribution in [2.24, 2.45) is 0 Å². The van der Waals surface area contributed by atoms with E-state index < -0.39 is 13.8 Å². The summed E-state index contributed by atoms with van der Waals surface area (Å²) < 4.78 is 21.9. The molecule has 0 saturated carbocycles. The molecule has 5 rings (SSSR count). The fourth-order valence-electron chi connectivity index (χ4n) is 3.98. The summed E-state index contributed by atoms with van der Waals surface area (Å²) in [7, 11) is -4.65. The largest absolute Gasteiger partial charge is 0.524 e. The van der Waals surface area contributed by atoms with Gasteiger partial charge in [0.1, 0.15) is 17.6 Å². The zero-order valence-corrected chi connectivity index (χ0v) is 17.6. The van der Waals surface area contributed by atoms with Gasteiger partial charge >= 0.3 is 13.8 Å². The summed E-state index contributed by atoms with van der Waals surface area (Å²) in [5, 5.41) is 9.97. The number of phosphoric acid groups is 1. The zero-order chi connectivity index (χ0) is 21.9. The lowest BCUT2D eigenvalue weighted by Crippen LogP contribution is -2.35. The molecule has 0 radical (unpaired) electrons. The van der Waals surface area contributed by atoms with Crippen LogP contribution in [0.2, 0.25) is 0 Å². The summed E-state index contributed by atoms with van der Waals surface area (Å²) in [5.74, 6) is -0.909. The smallest absolute Gasteiger partial charge is 0.485 e. The van der Waals surface area contributed by atoms with Crippen LogP contribution in [0.5, 0.6) is 5.75 Å². The highest BCUT2D eigenvalue weighted by Crippen LogP contribution is 2.53. The maximum absolute atomic E-state index is 12.2. The highest BCUT2D eigenvalue weighted by Gasteiger charge is 2.38. The second-order valence-corrected chi connectivity index (χ2v) is 9.53. The minimum Gasteiger partial charge on any atom is -0.485 e. The third kappa shape index (κ3) is 3.72. The summed E-state index contributed by atoms with van der Waals surface area (Å²) in [6.45, 7) is 0.673. The Hall–Kier alpha value is -2.78. The average Bonchev–Trinajstić information content (AvgIpc) is 3.03. The first-order valence-electron chi connectivity index (χ1n) is 9.34. The fourth-order valence-corrected chi connectivity index (χ4v) is 5.64. The number of carbonyl (C=O) groups excluding carboxylic acids is 1. The van der Waals surface area contributed by atoms with Crippen molar-refractivity contribution in [1.29, 1.82) is 0 Å². The lowest BCUT2D eigenvalue weighted by atomic mass is 9.90. The van der Waals surface area contributed by atoms with E-state index in [-0.39, 0.29) is 29.6 Å². The number of hydrogen-bond donors (Lipinski definition) is 3. The Bertz CT molecular complexity index is 1210. The maximum Gasteiger partial charge on any atom is 0.524 e. The molecule has 0 aromatic heterocycles. The molecule has 160 valence electrons. The van der Waals surface area contributed by atoms with Crippen molar-refractivity contribution in [1.82, 2.24) is 0 Å². The molecule has 11 heteroatoms. The van der Waals surface area contributed by atoms with E-state index in [0.29, 0.717) is 24.3 Å². The topological polar surface area (TPSA) is 134 Å². The number of fused-ring (bicyclic) bond motifs is 5. The molecular weight excluding hydrogens is 445 g/mol. The summed E-state index contributed by atoms with van der Waals surface area (Å²) in [5.41, 5.74) is 2.67. The first kappa shape index (κ1) is 20.1. The zero-order valence-electron chi connectivity index (χ0n) is 15.8. The first-order valence-corrected chi connectivity index (χ1v) is 11.7. The van der Waals surface area contributed by atoms with Gasteiger partial charge in [-0.1, -0.05) is 11.8 Å². The number of aliphatic carboxylic acids is 1. The number of anilines is 1. The van der Waals surface area contributed by atoms with Gasteiger partial charge in [0.15, 0.2) is 5.78 Å². The molecule has 3 heterocycles. The summed E-state index contributed by atoms with van der Waals surface area (Å²) >= 11 is 1.44. The molecule has 1 unspecified atom stereocenters. The van der Waals surface area contributed by atoms with Gasteiger partial charge in [-0.15, -0.1) is 0 Å². The van der Waals surface area contributed by atoms with Crippen LogP contribution in [0.1, 0.15) is 12.8 Å². The molecule has 0 spiro atoms. The number of phosphoric ester groups is 1. The minimum atomic E-state index is -4.65. The summed E-state index contributed by atoms with van der Waals surface area (Å²) in [6.07, 6.45) is 4.91. The Morgan fingerprint density at radius 1 is 1.29 bits per heavy atom. The number of carboxylic acid groups (broad SMARTS) is 1. The van der Waals surface area contributed by atoms with Crippen LogP contribution in [0.4, 0.5) is 5.69 Å². The van der Waals surface area contributed by atoms with Crippen LogP contribution in [-0.2, 0) is 18.9 Å². The van der Waals surface area contributed by atoms with Gasteiger partial charge in [-0.25, -0.2) is 4.57 Å². The summed E-state index contributed by atoms with van der Waals surface area (Å²) in [4.78, 5) is 44.3. The molecule has 3 aliphatic heterocycles. The van der Waals surface area contributed by atoms with Gasteiger partial charge in [0.05, 0.1) is 17.1 Å². The highest BCUT2D eigenvalue weighted by molar-refractivity contribution is 8.03. The maximum atomic E-state index is 12.2. The van der Waals surface area contributed by atoms with Gasteiger partial charge in [-0.3, -0.25) is 19.4 Å². The van der Waals surface area contributed by atoms with Gasteiger partial charge in [-0.2, -0.15) is 0 Å². The normalized spacial score (nSPS) is 21.7. The predicted octanol–water partition coefficient (Wildman–Crippen LogP) is 2.88. The molecule has 0 fully saturated rings. The lowest BCUT2D eigenvalue weighted by molar-refractivity contribution is -0.136. The minimum absolute atomic E-state index is 0.0806. The van der Waals surface area contributed by atoms with Gasteiger partial charge < -0.3 is 19.3 Å². The van der Waals surface area contributed by atoms with Crippen molar-refractivity contribution >= 4 is 37.0 Å². The van der Waals surface area contributed by atoms with Crippen LogP contribution >= 0.6 is 19.6 Å². The number of nitrogens with zero attached hydrogens (tertiary/aromatic N) is 1. The molecule has 1 aromatic rings. The SMILES string of the molecule is O=C(O)CC1=CC2=CC3=C4Sc5cc(OP(=O)(O)O)ccc5N4CCC3OC2=CC1=O. The van der Waals surface area contributed by atoms with Crippen molar-refractivity contribution in [2.45, 2.75) is 23.8 Å². The van der Waals surface area contributed by atoms with Crippen molar-refractivity contribution in [3.05, 3.63) is 63.9 Å². The Labute approximate surface area is 180 Å². The molecule has 3 N–H and O–H groups in total. The molecule has 4 aliphatic rings. The summed E-state index contributed by atoms with van der Waals surface area (Å²) in [6, 6.07) is 4.86. The van der Waals surface area contributed by atoms with Crippen LogP contribution in [0.15, 0.2) is 68.8 Å². The van der Waals surface area contributed by atoms with E-state index in [1.165, 1.54) is 23.9 Å². The molecule has 1 aromatic carbocycles. The van der Waals surface area contributed by atoms with Gasteiger partial charge in [0.2, 0.25) is 0 Å². The molecule has 31 heavy (non-hydrogen) atoms. The Morgan fingerprint density at radius 2 is 2.10 bits per heavy atom. The van der Waals surface area contributed by atoms with Crippen molar-refractivity contribution in [2.75, 3.05) is 11.4 Å². The molecule has 9 nitrogen and oxygen atoms in total. The van der Waals surface area contributed by atoms with Gasteiger partial charge in [0.25, 0.3) is 0 Å². The third-order valence-electron chi connectivity index (χ3n) is 5.22. The second kappa shape index (κ2) is 7.13. The number of ether oxygens (including phenoxy) is 1. The van der Waals surface area contributed by atoms with Gasteiger partial charge in [-0.05, 0) is 30.4 Å².